The van der Waals surface area contributed by atoms with Crippen LogP contribution in [0.5, 0.6) is 0 Å². The fraction of sp³-hybridized carbons (Fsp3) is 0.364. The fourth-order valence-electron chi connectivity index (χ4n) is 1.26. The Morgan fingerprint density at radius 1 is 1.62 bits per heavy atom. The Labute approximate surface area is 98.8 Å². The molecule has 0 bridgehead atoms. The van der Waals surface area contributed by atoms with Gasteiger partial charge >= 0.3 is 0 Å². The van der Waals surface area contributed by atoms with Crippen LogP contribution in [-0.4, -0.2) is 18.5 Å². The van der Waals surface area contributed by atoms with Gasteiger partial charge in [0.15, 0.2) is 0 Å². The molecule has 1 amide bonds. The monoisotopic (exact) mass is 244 g/mol. The van der Waals surface area contributed by atoms with Crippen LogP contribution in [-0.2, 0) is 0 Å². The van der Waals surface area contributed by atoms with Gasteiger partial charge in [0, 0.05) is 17.6 Å². The van der Waals surface area contributed by atoms with Gasteiger partial charge in [-0.25, -0.2) is 4.39 Å². The molecule has 3 nitrogen and oxygen atoms in total. The first-order valence-electron chi connectivity index (χ1n) is 5.04. The van der Waals surface area contributed by atoms with Gasteiger partial charge < -0.3 is 11.1 Å². The summed E-state index contributed by atoms with van der Waals surface area (Å²) in [6.07, 6.45) is 0.699. The average Bonchev–Trinajstić information content (AvgIpc) is 2.28. The number of benzene rings is 1. The Bertz CT molecular complexity index is 380. The molecule has 5 heteroatoms. The zero-order valence-electron chi connectivity index (χ0n) is 8.97. The van der Waals surface area contributed by atoms with E-state index in [1.165, 1.54) is 18.2 Å². The minimum absolute atomic E-state index is 0.0561. The number of carbonyl (C=O) groups excluding carboxylic acids is 1. The number of nitrogens with one attached hydrogen (secondary N) is 1. The second-order valence-corrected chi connectivity index (χ2v) is 3.87. The second-order valence-electron chi connectivity index (χ2n) is 3.44. The molecule has 0 aromatic heterocycles. The molecular formula is C11H14ClFN2O. The van der Waals surface area contributed by atoms with Crippen molar-refractivity contribution in [3.63, 3.8) is 0 Å². The quantitative estimate of drug-likeness (QED) is 0.851. The lowest BCUT2D eigenvalue weighted by molar-refractivity contribution is 0.0933. The fourth-order valence-corrected chi connectivity index (χ4v) is 1.43. The first-order chi connectivity index (χ1) is 7.58. The van der Waals surface area contributed by atoms with Crippen LogP contribution in [0.2, 0.25) is 5.02 Å². The highest BCUT2D eigenvalue weighted by molar-refractivity contribution is 6.31. The highest BCUT2D eigenvalue weighted by atomic mass is 35.5. The molecule has 88 valence electrons. The van der Waals surface area contributed by atoms with Gasteiger partial charge in [0.25, 0.3) is 5.91 Å². The summed E-state index contributed by atoms with van der Waals surface area (Å²) in [5.74, 6) is -1.08. The normalized spacial score (nSPS) is 12.2. The van der Waals surface area contributed by atoms with Crippen molar-refractivity contribution in [2.75, 3.05) is 6.54 Å². The lowest BCUT2D eigenvalue weighted by Crippen LogP contribution is -2.39. The number of hydrogen-bond acceptors (Lipinski definition) is 2. The van der Waals surface area contributed by atoms with Crippen molar-refractivity contribution in [2.24, 2.45) is 5.73 Å². The van der Waals surface area contributed by atoms with Gasteiger partial charge in [-0.15, -0.1) is 0 Å². The second kappa shape index (κ2) is 5.82. The van der Waals surface area contributed by atoms with Crippen LogP contribution in [0.25, 0.3) is 0 Å². The van der Waals surface area contributed by atoms with E-state index < -0.39 is 11.7 Å². The number of carbonyl (C=O) groups is 1. The van der Waals surface area contributed by atoms with Crippen LogP contribution in [0.3, 0.4) is 0 Å². The summed E-state index contributed by atoms with van der Waals surface area (Å²) in [6.45, 7) is 2.22. The van der Waals surface area contributed by atoms with Gasteiger partial charge in [-0.05, 0) is 24.6 Å². The van der Waals surface area contributed by atoms with Crippen LogP contribution in [0.1, 0.15) is 23.7 Å². The lowest BCUT2D eigenvalue weighted by Gasteiger charge is -2.14. The minimum Gasteiger partial charge on any atom is -0.348 e. The van der Waals surface area contributed by atoms with Crippen molar-refractivity contribution in [3.8, 4) is 0 Å². The molecule has 0 heterocycles. The molecule has 1 atom stereocenters. The highest BCUT2D eigenvalue weighted by Gasteiger charge is 2.15. The van der Waals surface area contributed by atoms with Crippen LogP contribution in [0.4, 0.5) is 4.39 Å². The van der Waals surface area contributed by atoms with Gasteiger partial charge in [0.1, 0.15) is 5.82 Å². The average molecular weight is 245 g/mol. The summed E-state index contributed by atoms with van der Waals surface area (Å²) in [5, 5.41) is 2.96. The first kappa shape index (κ1) is 12.9. The van der Waals surface area contributed by atoms with E-state index in [1.807, 2.05) is 6.92 Å². The third-order valence-electron chi connectivity index (χ3n) is 2.29. The molecule has 0 spiro atoms. The zero-order chi connectivity index (χ0) is 12.1. The summed E-state index contributed by atoms with van der Waals surface area (Å²) in [6, 6.07) is 3.72. The number of rotatable bonds is 4. The molecule has 1 aromatic carbocycles. The van der Waals surface area contributed by atoms with Crippen LogP contribution in [0, 0.1) is 5.82 Å². The Morgan fingerprint density at radius 3 is 2.88 bits per heavy atom. The molecule has 0 aliphatic rings. The summed E-state index contributed by atoms with van der Waals surface area (Å²) in [4.78, 5) is 11.7. The van der Waals surface area contributed by atoms with Crippen molar-refractivity contribution < 1.29 is 9.18 Å². The van der Waals surface area contributed by atoms with Crippen molar-refractivity contribution >= 4 is 17.5 Å². The predicted molar refractivity (Wildman–Crippen MR) is 62.0 cm³/mol. The number of hydrogen-bond donors (Lipinski definition) is 2. The van der Waals surface area contributed by atoms with Gasteiger partial charge in [0.2, 0.25) is 0 Å². The standard InChI is InChI=1S/C11H14ClFN2O/c1-2-8(6-14)15-11(16)9-5-7(12)3-4-10(9)13/h3-5,8H,2,6,14H2,1H3,(H,15,16). The SMILES string of the molecule is CCC(CN)NC(=O)c1cc(Cl)ccc1F. The Kier molecular flexibility index (Phi) is 4.71. The smallest absolute Gasteiger partial charge is 0.254 e. The van der Waals surface area contributed by atoms with E-state index >= 15 is 0 Å². The molecule has 16 heavy (non-hydrogen) atoms. The summed E-state index contributed by atoms with van der Waals surface area (Å²) in [5.41, 5.74) is 5.39. The lowest BCUT2D eigenvalue weighted by atomic mass is 10.1. The summed E-state index contributed by atoms with van der Waals surface area (Å²) < 4.78 is 13.3. The van der Waals surface area contributed by atoms with E-state index in [4.69, 9.17) is 17.3 Å². The molecule has 0 radical (unpaired) electrons. The van der Waals surface area contributed by atoms with Crippen LogP contribution < -0.4 is 11.1 Å². The molecule has 3 N–H and O–H groups in total. The first-order valence-corrected chi connectivity index (χ1v) is 5.42. The summed E-state index contributed by atoms with van der Waals surface area (Å²) in [7, 11) is 0. The molecule has 0 saturated heterocycles. The minimum atomic E-state index is -0.589. The number of amides is 1. The van der Waals surface area contributed by atoms with Crippen molar-refractivity contribution in [1.82, 2.24) is 5.32 Å². The topological polar surface area (TPSA) is 55.1 Å². The molecule has 1 aromatic rings. The van der Waals surface area contributed by atoms with Gasteiger partial charge in [0.05, 0.1) is 5.56 Å². The van der Waals surface area contributed by atoms with Crippen LogP contribution >= 0.6 is 11.6 Å². The molecular weight excluding hydrogens is 231 g/mol. The molecule has 0 saturated carbocycles. The Balaban J connectivity index is 2.83. The number of nitrogens with two attached hydrogens (primary N) is 1. The maximum Gasteiger partial charge on any atom is 0.254 e. The summed E-state index contributed by atoms with van der Waals surface area (Å²) >= 11 is 5.69. The van der Waals surface area contributed by atoms with E-state index in [0.29, 0.717) is 18.0 Å². The third kappa shape index (κ3) is 3.18. The van der Waals surface area contributed by atoms with Gasteiger partial charge in [-0.2, -0.15) is 0 Å². The largest absolute Gasteiger partial charge is 0.348 e. The highest BCUT2D eigenvalue weighted by Crippen LogP contribution is 2.14. The molecule has 0 aliphatic carbocycles. The van der Waals surface area contributed by atoms with E-state index in [1.54, 1.807) is 0 Å². The maximum atomic E-state index is 13.3. The van der Waals surface area contributed by atoms with E-state index in [-0.39, 0.29) is 11.6 Å². The molecule has 0 aliphatic heterocycles. The van der Waals surface area contributed by atoms with Crippen molar-refractivity contribution in [1.29, 1.82) is 0 Å². The van der Waals surface area contributed by atoms with Crippen molar-refractivity contribution in [3.05, 3.63) is 34.6 Å². The Morgan fingerprint density at radius 2 is 2.31 bits per heavy atom. The predicted octanol–water partition coefficient (Wildman–Crippen LogP) is 1.95. The maximum absolute atomic E-state index is 13.3. The number of halogens is 2. The van der Waals surface area contributed by atoms with E-state index in [9.17, 15) is 9.18 Å². The van der Waals surface area contributed by atoms with Crippen molar-refractivity contribution in [2.45, 2.75) is 19.4 Å². The van der Waals surface area contributed by atoms with E-state index in [2.05, 4.69) is 5.32 Å². The molecule has 0 fully saturated rings. The zero-order valence-corrected chi connectivity index (χ0v) is 9.72. The molecule has 1 rings (SSSR count). The van der Waals surface area contributed by atoms with Gasteiger partial charge in [-0.1, -0.05) is 18.5 Å². The third-order valence-corrected chi connectivity index (χ3v) is 2.52. The van der Waals surface area contributed by atoms with Crippen LogP contribution in [0.15, 0.2) is 18.2 Å². The van der Waals surface area contributed by atoms with E-state index in [0.717, 1.165) is 0 Å². The molecule has 1 unspecified atom stereocenters. The Hall–Kier alpha value is -1.13. The van der Waals surface area contributed by atoms with Gasteiger partial charge in [-0.3, -0.25) is 4.79 Å².